The number of benzene rings is 2. The number of hydrogen-bond donors (Lipinski definition) is 1. The van der Waals surface area contributed by atoms with Gasteiger partial charge in [0.2, 0.25) is 0 Å². The SMILES string of the molecule is Cc1ccccc1NC(=O)c1csc2ccccc12. The van der Waals surface area contributed by atoms with E-state index in [1.165, 1.54) is 0 Å². The molecule has 1 N–H and O–H groups in total. The van der Waals surface area contributed by atoms with E-state index in [-0.39, 0.29) is 5.91 Å². The van der Waals surface area contributed by atoms with Crippen molar-refractivity contribution in [3.05, 3.63) is 65.0 Å². The largest absolute Gasteiger partial charge is 0.322 e. The van der Waals surface area contributed by atoms with Crippen LogP contribution >= 0.6 is 11.3 Å². The van der Waals surface area contributed by atoms with Crippen LogP contribution in [0.25, 0.3) is 10.1 Å². The molecule has 0 atom stereocenters. The van der Waals surface area contributed by atoms with Gasteiger partial charge in [0.15, 0.2) is 0 Å². The molecule has 0 aliphatic carbocycles. The number of para-hydroxylation sites is 1. The van der Waals surface area contributed by atoms with Crippen molar-refractivity contribution in [3.8, 4) is 0 Å². The van der Waals surface area contributed by atoms with Crippen molar-refractivity contribution >= 4 is 33.0 Å². The van der Waals surface area contributed by atoms with Crippen LogP contribution in [0.1, 0.15) is 15.9 Å². The molecular weight excluding hydrogens is 254 g/mol. The quantitative estimate of drug-likeness (QED) is 0.729. The molecule has 2 aromatic carbocycles. The zero-order valence-electron chi connectivity index (χ0n) is 10.5. The van der Waals surface area contributed by atoms with Gasteiger partial charge in [0.05, 0.1) is 5.56 Å². The van der Waals surface area contributed by atoms with Gasteiger partial charge in [-0.15, -0.1) is 11.3 Å². The number of carbonyl (C=O) groups is 1. The van der Waals surface area contributed by atoms with Crippen LogP contribution in [0.5, 0.6) is 0 Å². The van der Waals surface area contributed by atoms with Gasteiger partial charge >= 0.3 is 0 Å². The summed E-state index contributed by atoms with van der Waals surface area (Å²) in [5, 5.41) is 5.90. The molecule has 0 aliphatic heterocycles. The summed E-state index contributed by atoms with van der Waals surface area (Å²) in [6.45, 7) is 1.99. The lowest BCUT2D eigenvalue weighted by molar-refractivity contribution is 0.102. The molecule has 0 saturated heterocycles. The van der Waals surface area contributed by atoms with Crippen molar-refractivity contribution in [2.45, 2.75) is 6.92 Å². The summed E-state index contributed by atoms with van der Waals surface area (Å²) in [6, 6.07) is 15.8. The normalized spacial score (nSPS) is 10.6. The molecule has 0 radical (unpaired) electrons. The summed E-state index contributed by atoms with van der Waals surface area (Å²) < 4.78 is 1.14. The fraction of sp³-hybridized carbons (Fsp3) is 0.0625. The summed E-state index contributed by atoms with van der Waals surface area (Å²) in [7, 11) is 0. The highest BCUT2D eigenvalue weighted by molar-refractivity contribution is 7.17. The minimum absolute atomic E-state index is 0.0493. The molecule has 3 rings (SSSR count). The highest BCUT2D eigenvalue weighted by atomic mass is 32.1. The first-order chi connectivity index (χ1) is 9.25. The van der Waals surface area contributed by atoms with Gasteiger partial charge in [0, 0.05) is 21.2 Å². The van der Waals surface area contributed by atoms with E-state index in [0.29, 0.717) is 0 Å². The summed E-state index contributed by atoms with van der Waals surface area (Å²) in [5.74, 6) is -0.0493. The third kappa shape index (κ3) is 2.25. The molecular formula is C16H13NOS. The number of amides is 1. The molecule has 94 valence electrons. The lowest BCUT2D eigenvalue weighted by atomic mass is 10.1. The number of rotatable bonds is 2. The van der Waals surface area contributed by atoms with E-state index in [4.69, 9.17) is 0 Å². The van der Waals surface area contributed by atoms with E-state index < -0.39 is 0 Å². The number of carbonyl (C=O) groups excluding carboxylic acids is 1. The second kappa shape index (κ2) is 4.86. The van der Waals surface area contributed by atoms with Crippen molar-refractivity contribution in [1.29, 1.82) is 0 Å². The van der Waals surface area contributed by atoms with Crippen LogP contribution in [0.15, 0.2) is 53.9 Å². The zero-order valence-corrected chi connectivity index (χ0v) is 11.3. The second-order valence-corrected chi connectivity index (χ2v) is 5.33. The van der Waals surface area contributed by atoms with Crippen molar-refractivity contribution in [3.63, 3.8) is 0 Å². The molecule has 0 aliphatic rings. The van der Waals surface area contributed by atoms with Crippen LogP contribution in [0.3, 0.4) is 0 Å². The lowest BCUT2D eigenvalue weighted by Crippen LogP contribution is -2.12. The highest BCUT2D eigenvalue weighted by Gasteiger charge is 2.12. The van der Waals surface area contributed by atoms with E-state index in [1.807, 2.05) is 60.8 Å². The van der Waals surface area contributed by atoms with E-state index in [2.05, 4.69) is 5.32 Å². The molecule has 0 fully saturated rings. The molecule has 1 aromatic heterocycles. The maximum atomic E-state index is 12.3. The van der Waals surface area contributed by atoms with Gasteiger partial charge in [-0.3, -0.25) is 4.79 Å². The predicted octanol–water partition coefficient (Wildman–Crippen LogP) is 4.46. The van der Waals surface area contributed by atoms with Crippen molar-refractivity contribution in [1.82, 2.24) is 0 Å². The van der Waals surface area contributed by atoms with Crippen LogP contribution in [0.2, 0.25) is 0 Å². The van der Waals surface area contributed by atoms with E-state index >= 15 is 0 Å². The molecule has 3 aromatic rings. The first-order valence-electron chi connectivity index (χ1n) is 6.09. The minimum atomic E-state index is -0.0493. The van der Waals surface area contributed by atoms with E-state index in [1.54, 1.807) is 11.3 Å². The summed E-state index contributed by atoms with van der Waals surface area (Å²) in [6.07, 6.45) is 0. The Morgan fingerprint density at radius 1 is 1.05 bits per heavy atom. The summed E-state index contributed by atoms with van der Waals surface area (Å²) in [4.78, 5) is 12.3. The Kier molecular flexibility index (Phi) is 3.05. The fourth-order valence-electron chi connectivity index (χ4n) is 2.06. The summed E-state index contributed by atoms with van der Waals surface area (Å²) >= 11 is 1.60. The van der Waals surface area contributed by atoms with Crippen LogP contribution in [0.4, 0.5) is 5.69 Å². The van der Waals surface area contributed by atoms with Gasteiger partial charge in [0.25, 0.3) is 5.91 Å². The molecule has 1 heterocycles. The predicted molar refractivity (Wildman–Crippen MR) is 81.0 cm³/mol. The first-order valence-corrected chi connectivity index (χ1v) is 6.97. The minimum Gasteiger partial charge on any atom is -0.322 e. The Hall–Kier alpha value is -2.13. The maximum Gasteiger partial charge on any atom is 0.257 e. The van der Waals surface area contributed by atoms with Gasteiger partial charge in [-0.1, -0.05) is 36.4 Å². The summed E-state index contributed by atoms with van der Waals surface area (Å²) in [5.41, 5.74) is 2.67. The first kappa shape index (κ1) is 11.9. The number of nitrogens with one attached hydrogen (secondary N) is 1. The van der Waals surface area contributed by atoms with E-state index in [9.17, 15) is 4.79 Å². The van der Waals surface area contributed by atoms with Crippen LogP contribution < -0.4 is 5.32 Å². The van der Waals surface area contributed by atoms with Crippen LogP contribution in [0, 0.1) is 6.92 Å². The van der Waals surface area contributed by atoms with E-state index in [0.717, 1.165) is 26.9 Å². The standard InChI is InChI=1S/C16H13NOS/c1-11-6-2-4-8-14(11)17-16(18)13-10-19-15-9-5-3-7-12(13)15/h2-10H,1H3,(H,17,18). The third-order valence-corrected chi connectivity index (χ3v) is 4.08. The van der Waals surface area contributed by atoms with Crippen molar-refractivity contribution in [2.75, 3.05) is 5.32 Å². The smallest absolute Gasteiger partial charge is 0.257 e. The second-order valence-electron chi connectivity index (χ2n) is 4.41. The van der Waals surface area contributed by atoms with Gasteiger partial charge in [0.1, 0.15) is 0 Å². The topological polar surface area (TPSA) is 29.1 Å². The average Bonchev–Trinajstić information content (AvgIpc) is 2.85. The molecule has 0 spiro atoms. The molecule has 19 heavy (non-hydrogen) atoms. The number of aryl methyl sites for hydroxylation is 1. The molecule has 2 nitrogen and oxygen atoms in total. The molecule has 0 unspecified atom stereocenters. The number of fused-ring (bicyclic) bond motifs is 1. The molecule has 0 bridgehead atoms. The van der Waals surface area contributed by atoms with Crippen LogP contribution in [-0.4, -0.2) is 5.91 Å². The average molecular weight is 267 g/mol. The zero-order chi connectivity index (χ0) is 13.2. The maximum absolute atomic E-state index is 12.3. The van der Waals surface area contributed by atoms with Gasteiger partial charge in [-0.25, -0.2) is 0 Å². The monoisotopic (exact) mass is 267 g/mol. The van der Waals surface area contributed by atoms with Gasteiger partial charge in [-0.2, -0.15) is 0 Å². The Labute approximate surface area is 115 Å². The molecule has 3 heteroatoms. The molecule has 1 amide bonds. The van der Waals surface area contributed by atoms with Crippen LogP contribution in [-0.2, 0) is 0 Å². The van der Waals surface area contributed by atoms with Crippen molar-refractivity contribution < 1.29 is 4.79 Å². The third-order valence-electron chi connectivity index (χ3n) is 3.12. The highest BCUT2D eigenvalue weighted by Crippen LogP contribution is 2.26. The Morgan fingerprint density at radius 3 is 2.63 bits per heavy atom. The lowest BCUT2D eigenvalue weighted by Gasteiger charge is -2.07. The molecule has 0 saturated carbocycles. The number of hydrogen-bond acceptors (Lipinski definition) is 2. The Bertz CT molecular complexity index is 745. The Balaban J connectivity index is 1.95. The number of anilines is 1. The van der Waals surface area contributed by atoms with Gasteiger partial charge < -0.3 is 5.32 Å². The number of thiophene rings is 1. The Morgan fingerprint density at radius 2 is 1.79 bits per heavy atom. The van der Waals surface area contributed by atoms with Gasteiger partial charge in [-0.05, 0) is 24.6 Å². The fourth-order valence-corrected chi connectivity index (χ4v) is 3.00. The van der Waals surface area contributed by atoms with Crippen molar-refractivity contribution in [2.24, 2.45) is 0 Å².